The SMILES string of the molecule is CCCOc1cccc([CH]CO)c1. The van der Waals surface area contributed by atoms with Crippen molar-refractivity contribution in [3.05, 3.63) is 36.2 Å². The van der Waals surface area contributed by atoms with Gasteiger partial charge in [0.15, 0.2) is 0 Å². The molecule has 0 unspecified atom stereocenters. The molecule has 1 rings (SSSR count). The van der Waals surface area contributed by atoms with E-state index in [0.717, 1.165) is 24.3 Å². The van der Waals surface area contributed by atoms with Gasteiger partial charge in [0.2, 0.25) is 0 Å². The highest BCUT2D eigenvalue weighted by Crippen LogP contribution is 2.14. The molecule has 0 spiro atoms. The largest absolute Gasteiger partial charge is 0.494 e. The molecule has 1 radical (unpaired) electrons. The van der Waals surface area contributed by atoms with E-state index in [9.17, 15) is 0 Å². The van der Waals surface area contributed by atoms with Gasteiger partial charge in [0.05, 0.1) is 13.2 Å². The van der Waals surface area contributed by atoms with Crippen LogP contribution in [-0.2, 0) is 0 Å². The third-order valence-electron chi connectivity index (χ3n) is 1.66. The second-order valence-electron chi connectivity index (χ2n) is 2.81. The maximum absolute atomic E-state index is 8.69. The van der Waals surface area contributed by atoms with Crippen molar-refractivity contribution in [2.75, 3.05) is 13.2 Å². The lowest BCUT2D eigenvalue weighted by atomic mass is 10.1. The lowest BCUT2D eigenvalue weighted by molar-refractivity contribution is 0.316. The van der Waals surface area contributed by atoms with Crippen LogP contribution in [0.15, 0.2) is 24.3 Å². The van der Waals surface area contributed by atoms with Crippen molar-refractivity contribution in [1.82, 2.24) is 0 Å². The number of ether oxygens (including phenoxy) is 1. The minimum absolute atomic E-state index is 0.0667. The molecule has 1 aromatic rings. The van der Waals surface area contributed by atoms with Gasteiger partial charge in [-0.3, -0.25) is 0 Å². The number of aliphatic hydroxyl groups excluding tert-OH is 1. The molecule has 1 N–H and O–H groups in total. The Morgan fingerprint density at radius 2 is 2.31 bits per heavy atom. The Morgan fingerprint density at radius 1 is 1.46 bits per heavy atom. The number of rotatable bonds is 5. The predicted molar refractivity (Wildman–Crippen MR) is 52.7 cm³/mol. The van der Waals surface area contributed by atoms with Crippen molar-refractivity contribution in [2.45, 2.75) is 13.3 Å². The molecule has 0 bridgehead atoms. The summed E-state index contributed by atoms with van der Waals surface area (Å²) in [7, 11) is 0. The van der Waals surface area contributed by atoms with Gasteiger partial charge in [-0.25, -0.2) is 0 Å². The first-order chi connectivity index (χ1) is 6.36. The Hall–Kier alpha value is -1.02. The predicted octanol–water partition coefficient (Wildman–Crippen LogP) is 2.02. The molecule has 1 aromatic carbocycles. The molecule has 2 heteroatoms. The van der Waals surface area contributed by atoms with Crippen LogP contribution in [0.5, 0.6) is 5.75 Å². The van der Waals surface area contributed by atoms with E-state index < -0.39 is 0 Å². The fraction of sp³-hybridized carbons (Fsp3) is 0.364. The quantitative estimate of drug-likeness (QED) is 0.749. The molecule has 0 saturated carbocycles. The third kappa shape index (κ3) is 3.47. The van der Waals surface area contributed by atoms with Crippen LogP contribution in [0.25, 0.3) is 0 Å². The van der Waals surface area contributed by atoms with Crippen molar-refractivity contribution < 1.29 is 9.84 Å². The fourth-order valence-corrected chi connectivity index (χ4v) is 1.06. The molecular formula is C11H15O2. The molecule has 0 aliphatic heterocycles. The maximum atomic E-state index is 8.69. The zero-order chi connectivity index (χ0) is 9.52. The van der Waals surface area contributed by atoms with Crippen molar-refractivity contribution in [3.63, 3.8) is 0 Å². The highest BCUT2D eigenvalue weighted by molar-refractivity contribution is 5.32. The number of hydrogen-bond acceptors (Lipinski definition) is 2. The topological polar surface area (TPSA) is 29.5 Å². The van der Waals surface area contributed by atoms with Gasteiger partial charge in [-0.2, -0.15) is 0 Å². The fourth-order valence-electron chi connectivity index (χ4n) is 1.06. The molecule has 2 nitrogen and oxygen atoms in total. The second kappa shape index (κ2) is 5.60. The molecular weight excluding hydrogens is 164 g/mol. The van der Waals surface area contributed by atoms with Crippen LogP contribution in [0.2, 0.25) is 0 Å². The Balaban J connectivity index is 2.56. The first-order valence-electron chi connectivity index (χ1n) is 4.53. The molecule has 71 valence electrons. The zero-order valence-electron chi connectivity index (χ0n) is 7.86. The molecule has 0 aliphatic carbocycles. The molecule has 0 fully saturated rings. The lowest BCUT2D eigenvalue weighted by Gasteiger charge is -2.05. The standard InChI is InChI=1S/C11H15O2/c1-2-8-13-11-5-3-4-10(9-11)6-7-12/h3-6,9,12H,2,7-8H2,1H3. The molecule has 0 aromatic heterocycles. The summed E-state index contributed by atoms with van der Waals surface area (Å²) in [5, 5.41) is 8.69. The zero-order valence-corrected chi connectivity index (χ0v) is 7.86. The summed E-state index contributed by atoms with van der Waals surface area (Å²) >= 11 is 0. The monoisotopic (exact) mass is 179 g/mol. The summed E-state index contributed by atoms with van der Waals surface area (Å²) in [4.78, 5) is 0. The smallest absolute Gasteiger partial charge is 0.119 e. The number of hydrogen-bond donors (Lipinski definition) is 1. The van der Waals surface area contributed by atoms with Crippen molar-refractivity contribution in [2.24, 2.45) is 0 Å². The Kier molecular flexibility index (Phi) is 4.33. The van der Waals surface area contributed by atoms with Crippen LogP contribution >= 0.6 is 0 Å². The first kappa shape index (κ1) is 10.1. The van der Waals surface area contributed by atoms with E-state index in [2.05, 4.69) is 6.92 Å². The summed E-state index contributed by atoms with van der Waals surface area (Å²) < 4.78 is 5.44. The van der Waals surface area contributed by atoms with Gasteiger partial charge in [0.25, 0.3) is 0 Å². The summed E-state index contributed by atoms with van der Waals surface area (Å²) in [6.45, 7) is 2.88. The van der Waals surface area contributed by atoms with Gasteiger partial charge in [0.1, 0.15) is 5.75 Å². The van der Waals surface area contributed by atoms with E-state index in [4.69, 9.17) is 9.84 Å². The summed E-state index contributed by atoms with van der Waals surface area (Å²) in [6, 6.07) is 7.71. The van der Waals surface area contributed by atoms with E-state index >= 15 is 0 Å². The number of benzene rings is 1. The lowest BCUT2D eigenvalue weighted by Crippen LogP contribution is -1.95. The van der Waals surface area contributed by atoms with Crippen LogP contribution in [-0.4, -0.2) is 18.3 Å². The van der Waals surface area contributed by atoms with Gasteiger partial charge >= 0.3 is 0 Å². The highest BCUT2D eigenvalue weighted by Gasteiger charge is 1.95. The van der Waals surface area contributed by atoms with Gasteiger partial charge in [0, 0.05) is 6.42 Å². The molecule has 0 aliphatic rings. The average Bonchev–Trinajstić information content (AvgIpc) is 2.16. The third-order valence-corrected chi connectivity index (χ3v) is 1.66. The normalized spacial score (nSPS) is 10.0. The Morgan fingerprint density at radius 3 is 3.00 bits per heavy atom. The van der Waals surface area contributed by atoms with E-state index in [-0.39, 0.29) is 6.61 Å². The van der Waals surface area contributed by atoms with Crippen LogP contribution in [0, 0.1) is 6.42 Å². The van der Waals surface area contributed by atoms with Crippen molar-refractivity contribution in [3.8, 4) is 5.75 Å². The van der Waals surface area contributed by atoms with Crippen molar-refractivity contribution in [1.29, 1.82) is 0 Å². The summed E-state index contributed by atoms with van der Waals surface area (Å²) in [5.74, 6) is 0.865. The second-order valence-corrected chi connectivity index (χ2v) is 2.81. The van der Waals surface area contributed by atoms with Crippen LogP contribution in [0.1, 0.15) is 18.9 Å². The maximum Gasteiger partial charge on any atom is 0.119 e. The Labute approximate surface area is 79.2 Å². The van der Waals surface area contributed by atoms with Crippen molar-refractivity contribution >= 4 is 0 Å². The molecule has 0 atom stereocenters. The van der Waals surface area contributed by atoms with E-state index in [1.54, 1.807) is 6.42 Å². The van der Waals surface area contributed by atoms with E-state index in [0.29, 0.717) is 0 Å². The van der Waals surface area contributed by atoms with Crippen LogP contribution in [0.4, 0.5) is 0 Å². The van der Waals surface area contributed by atoms with Gasteiger partial charge in [-0.15, -0.1) is 0 Å². The first-order valence-corrected chi connectivity index (χ1v) is 4.53. The van der Waals surface area contributed by atoms with Gasteiger partial charge in [-0.1, -0.05) is 19.1 Å². The molecule has 13 heavy (non-hydrogen) atoms. The molecule has 0 saturated heterocycles. The molecule has 0 heterocycles. The van der Waals surface area contributed by atoms with Gasteiger partial charge < -0.3 is 9.84 Å². The highest BCUT2D eigenvalue weighted by atomic mass is 16.5. The summed E-state index contributed by atoms with van der Waals surface area (Å²) in [6.07, 6.45) is 2.76. The number of aliphatic hydroxyl groups is 1. The van der Waals surface area contributed by atoms with Crippen LogP contribution in [0.3, 0.4) is 0 Å². The van der Waals surface area contributed by atoms with Gasteiger partial charge in [-0.05, 0) is 24.1 Å². The minimum Gasteiger partial charge on any atom is -0.494 e. The molecule has 0 amide bonds. The van der Waals surface area contributed by atoms with Crippen LogP contribution < -0.4 is 4.74 Å². The van der Waals surface area contributed by atoms with E-state index in [1.807, 2.05) is 24.3 Å². The van der Waals surface area contributed by atoms with E-state index in [1.165, 1.54) is 0 Å². The minimum atomic E-state index is 0.0667. The average molecular weight is 179 g/mol. The summed E-state index contributed by atoms with van der Waals surface area (Å²) in [5.41, 5.74) is 0.996. The Bertz CT molecular complexity index is 246.